The third-order valence-electron chi connectivity index (χ3n) is 4.62. The summed E-state index contributed by atoms with van der Waals surface area (Å²) in [4.78, 5) is 4.60. The van der Waals surface area contributed by atoms with Crippen molar-refractivity contribution in [2.45, 2.75) is 37.8 Å². The zero-order valence-electron chi connectivity index (χ0n) is 13.1. The van der Waals surface area contributed by atoms with Crippen LogP contribution in [0.4, 0.5) is 0 Å². The fraction of sp³-hybridized carbons (Fsp3) is 0.647. The van der Waals surface area contributed by atoms with Crippen molar-refractivity contribution in [1.29, 1.82) is 0 Å². The van der Waals surface area contributed by atoms with Crippen LogP contribution in [-0.4, -0.2) is 49.6 Å². The Hall–Kier alpha value is -1.06. The van der Waals surface area contributed by atoms with E-state index in [4.69, 9.17) is 4.74 Å². The second kappa shape index (κ2) is 5.05. The highest BCUT2D eigenvalue weighted by atomic mass is 16.5. The van der Waals surface area contributed by atoms with Crippen LogP contribution in [0.15, 0.2) is 18.2 Å². The molecule has 2 aliphatic heterocycles. The molecule has 0 bridgehead atoms. The van der Waals surface area contributed by atoms with Gasteiger partial charge in [0.05, 0.1) is 0 Å². The van der Waals surface area contributed by atoms with E-state index < -0.39 is 0 Å². The van der Waals surface area contributed by atoms with Gasteiger partial charge in [-0.1, -0.05) is 19.1 Å². The van der Waals surface area contributed by atoms with Crippen LogP contribution in [-0.2, 0) is 6.54 Å². The van der Waals surface area contributed by atoms with Gasteiger partial charge >= 0.3 is 0 Å². The van der Waals surface area contributed by atoms with E-state index in [1.165, 1.54) is 11.1 Å². The van der Waals surface area contributed by atoms with E-state index in [0.29, 0.717) is 5.92 Å². The van der Waals surface area contributed by atoms with Gasteiger partial charge in [0.2, 0.25) is 0 Å². The van der Waals surface area contributed by atoms with Gasteiger partial charge in [0, 0.05) is 26.1 Å². The molecule has 1 spiro atoms. The van der Waals surface area contributed by atoms with E-state index in [0.717, 1.165) is 38.2 Å². The number of benzene rings is 1. The van der Waals surface area contributed by atoms with Crippen LogP contribution < -0.4 is 4.74 Å². The smallest absolute Gasteiger partial charge is 0.123 e. The molecule has 20 heavy (non-hydrogen) atoms. The molecule has 0 aliphatic carbocycles. The summed E-state index contributed by atoms with van der Waals surface area (Å²) in [6.07, 6.45) is 2.31. The lowest BCUT2D eigenvalue weighted by Crippen LogP contribution is -2.42. The van der Waals surface area contributed by atoms with E-state index in [-0.39, 0.29) is 5.60 Å². The van der Waals surface area contributed by atoms with Gasteiger partial charge in [-0.15, -0.1) is 0 Å². The third-order valence-corrected chi connectivity index (χ3v) is 4.62. The molecule has 110 valence electrons. The highest BCUT2D eigenvalue weighted by molar-refractivity contribution is 5.42. The van der Waals surface area contributed by atoms with Gasteiger partial charge in [0.25, 0.3) is 0 Å². The Kier molecular flexibility index (Phi) is 3.51. The summed E-state index contributed by atoms with van der Waals surface area (Å²) in [6.45, 7) is 5.56. The summed E-state index contributed by atoms with van der Waals surface area (Å²) in [5, 5.41) is 0. The standard InChI is InChI=1S/C17H26N2O/c1-13-10-17(7-8-19(4)12-17)20-16-6-5-14(9-15(13)16)11-18(2)3/h5-6,9,13H,7-8,10-12H2,1-4H3. The Balaban J connectivity index is 1.86. The second-order valence-corrected chi connectivity index (χ2v) is 6.99. The minimum absolute atomic E-state index is 0.0598. The molecule has 2 atom stereocenters. The number of nitrogens with zero attached hydrogens (tertiary/aromatic N) is 2. The van der Waals surface area contributed by atoms with Crippen molar-refractivity contribution >= 4 is 0 Å². The van der Waals surface area contributed by atoms with E-state index in [2.05, 4.69) is 56.1 Å². The van der Waals surface area contributed by atoms with E-state index in [1.807, 2.05) is 0 Å². The third kappa shape index (κ3) is 2.57. The van der Waals surface area contributed by atoms with Gasteiger partial charge in [-0.05, 0) is 50.7 Å². The average molecular weight is 274 g/mol. The van der Waals surface area contributed by atoms with Crippen molar-refractivity contribution < 1.29 is 4.74 Å². The summed E-state index contributed by atoms with van der Waals surface area (Å²) < 4.78 is 6.43. The van der Waals surface area contributed by atoms with Crippen molar-refractivity contribution in [3.05, 3.63) is 29.3 Å². The van der Waals surface area contributed by atoms with Crippen molar-refractivity contribution in [3.8, 4) is 5.75 Å². The molecule has 1 aromatic rings. The maximum Gasteiger partial charge on any atom is 0.123 e. The molecule has 1 saturated heterocycles. The molecule has 0 N–H and O–H groups in total. The predicted molar refractivity (Wildman–Crippen MR) is 82.3 cm³/mol. The molecule has 3 nitrogen and oxygen atoms in total. The lowest BCUT2D eigenvalue weighted by Gasteiger charge is -2.39. The first kappa shape index (κ1) is 13.9. The molecule has 2 unspecified atom stereocenters. The molecule has 0 radical (unpaired) electrons. The van der Waals surface area contributed by atoms with Crippen molar-refractivity contribution in [2.24, 2.45) is 0 Å². The first-order valence-electron chi connectivity index (χ1n) is 7.63. The Morgan fingerprint density at radius 2 is 2.20 bits per heavy atom. The predicted octanol–water partition coefficient (Wildman–Crippen LogP) is 2.71. The molecular formula is C17H26N2O. The molecule has 0 aromatic heterocycles. The molecule has 2 heterocycles. The van der Waals surface area contributed by atoms with Crippen molar-refractivity contribution in [2.75, 3.05) is 34.2 Å². The fourth-order valence-corrected chi connectivity index (χ4v) is 3.78. The number of fused-ring (bicyclic) bond motifs is 1. The summed E-state index contributed by atoms with van der Waals surface area (Å²) in [7, 11) is 6.42. The molecule has 0 amide bonds. The van der Waals surface area contributed by atoms with Crippen molar-refractivity contribution in [3.63, 3.8) is 0 Å². The minimum Gasteiger partial charge on any atom is -0.486 e. The molecule has 3 heteroatoms. The van der Waals surface area contributed by atoms with E-state index >= 15 is 0 Å². The Bertz CT molecular complexity index is 500. The van der Waals surface area contributed by atoms with Crippen molar-refractivity contribution in [1.82, 2.24) is 9.80 Å². The first-order valence-corrected chi connectivity index (χ1v) is 7.63. The van der Waals surface area contributed by atoms with Gasteiger partial charge in [-0.25, -0.2) is 0 Å². The SMILES string of the molecule is CC1CC2(CCN(C)C2)Oc2ccc(CN(C)C)cc21. The largest absolute Gasteiger partial charge is 0.486 e. The summed E-state index contributed by atoms with van der Waals surface area (Å²) >= 11 is 0. The number of likely N-dealkylation sites (N-methyl/N-ethyl adjacent to an activating group) is 1. The lowest BCUT2D eigenvalue weighted by atomic mass is 9.82. The van der Waals surface area contributed by atoms with Crippen LogP contribution in [0.5, 0.6) is 5.75 Å². The Morgan fingerprint density at radius 3 is 2.85 bits per heavy atom. The monoisotopic (exact) mass is 274 g/mol. The minimum atomic E-state index is 0.0598. The molecule has 0 saturated carbocycles. The Labute approximate surface area is 122 Å². The van der Waals surface area contributed by atoms with E-state index in [9.17, 15) is 0 Å². The van der Waals surface area contributed by atoms with Gasteiger partial charge in [-0.3, -0.25) is 0 Å². The van der Waals surface area contributed by atoms with Gasteiger partial charge in [0.1, 0.15) is 11.4 Å². The van der Waals surface area contributed by atoms with E-state index in [1.54, 1.807) is 0 Å². The van der Waals surface area contributed by atoms with Crippen LogP contribution in [0, 0.1) is 0 Å². The van der Waals surface area contributed by atoms with Gasteiger partial charge < -0.3 is 14.5 Å². The second-order valence-electron chi connectivity index (χ2n) is 6.99. The summed E-state index contributed by atoms with van der Waals surface area (Å²) in [5.41, 5.74) is 2.83. The quantitative estimate of drug-likeness (QED) is 0.824. The van der Waals surface area contributed by atoms with Crippen LogP contribution in [0.2, 0.25) is 0 Å². The van der Waals surface area contributed by atoms with Gasteiger partial charge in [0.15, 0.2) is 0 Å². The van der Waals surface area contributed by atoms with Crippen LogP contribution in [0.1, 0.15) is 36.8 Å². The normalized spacial score (nSPS) is 29.8. The maximum atomic E-state index is 6.43. The van der Waals surface area contributed by atoms with Crippen LogP contribution in [0.25, 0.3) is 0 Å². The molecule has 2 aliphatic rings. The molecule has 1 aromatic carbocycles. The maximum absolute atomic E-state index is 6.43. The fourth-order valence-electron chi connectivity index (χ4n) is 3.78. The highest BCUT2D eigenvalue weighted by Crippen LogP contribution is 2.44. The zero-order chi connectivity index (χ0) is 14.3. The number of ether oxygens (including phenoxy) is 1. The van der Waals surface area contributed by atoms with Crippen LogP contribution in [0.3, 0.4) is 0 Å². The molecular weight excluding hydrogens is 248 g/mol. The lowest BCUT2D eigenvalue weighted by molar-refractivity contribution is 0.0481. The first-order chi connectivity index (χ1) is 9.47. The zero-order valence-corrected chi connectivity index (χ0v) is 13.1. The van der Waals surface area contributed by atoms with Crippen LogP contribution >= 0.6 is 0 Å². The summed E-state index contributed by atoms with van der Waals surface area (Å²) in [5.74, 6) is 1.70. The average Bonchev–Trinajstić information content (AvgIpc) is 2.70. The molecule has 3 rings (SSSR count). The number of hydrogen-bond acceptors (Lipinski definition) is 3. The molecule has 1 fully saturated rings. The summed E-state index contributed by atoms with van der Waals surface area (Å²) in [6, 6.07) is 6.73. The number of hydrogen-bond donors (Lipinski definition) is 0. The number of likely N-dealkylation sites (tertiary alicyclic amines) is 1. The highest BCUT2D eigenvalue weighted by Gasteiger charge is 2.43. The topological polar surface area (TPSA) is 15.7 Å². The number of rotatable bonds is 2. The van der Waals surface area contributed by atoms with Gasteiger partial charge in [-0.2, -0.15) is 0 Å². The Morgan fingerprint density at radius 1 is 1.40 bits per heavy atom.